The van der Waals surface area contributed by atoms with E-state index in [9.17, 15) is 8.42 Å². The van der Waals surface area contributed by atoms with Gasteiger partial charge in [0, 0.05) is 67.7 Å². The van der Waals surface area contributed by atoms with Gasteiger partial charge in [0.25, 0.3) is 0 Å². The Kier molecular flexibility index (Phi) is 3.92. The average Bonchev–Trinajstić information content (AvgIpc) is 3.24. The van der Waals surface area contributed by atoms with Crippen molar-refractivity contribution >= 4 is 32.3 Å². The Labute approximate surface area is 143 Å². The number of anilines is 2. The van der Waals surface area contributed by atoms with Crippen molar-refractivity contribution in [1.29, 1.82) is 0 Å². The van der Waals surface area contributed by atoms with Gasteiger partial charge in [-0.25, -0.2) is 8.42 Å². The Morgan fingerprint density at radius 3 is 2.33 bits per heavy atom. The highest BCUT2D eigenvalue weighted by Crippen LogP contribution is 2.34. The van der Waals surface area contributed by atoms with Crippen LogP contribution in [0.1, 0.15) is 12.8 Å². The van der Waals surface area contributed by atoms with Crippen LogP contribution in [0, 0.1) is 0 Å². The summed E-state index contributed by atoms with van der Waals surface area (Å²) in [7, 11) is -3.09. The van der Waals surface area contributed by atoms with E-state index in [1.54, 1.807) is 4.31 Å². The first-order valence-electron chi connectivity index (χ1n) is 8.58. The van der Waals surface area contributed by atoms with Crippen molar-refractivity contribution in [2.24, 2.45) is 0 Å². The van der Waals surface area contributed by atoms with Crippen molar-refractivity contribution in [2.75, 3.05) is 55.3 Å². The molecule has 0 spiro atoms. The summed E-state index contributed by atoms with van der Waals surface area (Å²) in [4.78, 5) is 8.09. The van der Waals surface area contributed by atoms with Gasteiger partial charge in [-0.2, -0.15) is 4.31 Å². The van der Waals surface area contributed by atoms with Crippen LogP contribution in [0.15, 0.2) is 24.4 Å². The Bertz CT molecular complexity index is 831. The maximum absolute atomic E-state index is 11.7. The van der Waals surface area contributed by atoms with Crippen molar-refractivity contribution in [1.82, 2.24) is 9.29 Å². The number of hydrogen-bond donors (Lipinski definition) is 1. The molecular weight excluding hydrogens is 324 g/mol. The molecule has 4 rings (SSSR count). The molecule has 6 nitrogen and oxygen atoms in total. The first kappa shape index (κ1) is 15.8. The second-order valence-electron chi connectivity index (χ2n) is 6.75. The van der Waals surface area contributed by atoms with Gasteiger partial charge in [-0.1, -0.05) is 0 Å². The molecule has 0 radical (unpaired) electrons. The van der Waals surface area contributed by atoms with E-state index >= 15 is 0 Å². The maximum Gasteiger partial charge on any atom is 0.211 e. The first-order valence-corrected chi connectivity index (χ1v) is 10.4. The quantitative estimate of drug-likeness (QED) is 0.920. The van der Waals surface area contributed by atoms with E-state index in [0.29, 0.717) is 13.1 Å². The van der Waals surface area contributed by atoms with Gasteiger partial charge >= 0.3 is 0 Å². The number of fused-ring (bicyclic) bond motifs is 1. The minimum Gasteiger partial charge on any atom is -0.371 e. The van der Waals surface area contributed by atoms with Gasteiger partial charge in [0.1, 0.15) is 0 Å². The van der Waals surface area contributed by atoms with Crippen LogP contribution in [0.4, 0.5) is 11.4 Å². The molecule has 2 aromatic rings. The van der Waals surface area contributed by atoms with E-state index in [1.165, 1.54) is 35.9 Å². The zero-order chi connectivity index (χ0) is 16.7. The molecule has 7 heteroatoms. The molecule has 0 bridgehead atoms. The summed E-state index contributed by atoms with van der Waals surface area (Å²) >= 11 is 0. The number of benzene rings is 1. The fourth-order valence-electron chi connectivity index (χ4n) is 3.81. The zero-order valence-electron chi connectivity index (χ0n) is 14.0. The Morgan fingerprint density at radius 2 is 1.67 bits per heavy atom. The number of H-pyrrole nitrogens is 1. The highest BCUT2D eigenvalue weighted by atomic mass is 32.2. The zero-order valence-corrected chi connectivity index (χ0v) is 14.8. The van der Waals surface area contributed by atoms with Gasteiger partial charge < -0.3 is 14.8 Å². The average molecular weight is 348 g/mol. The Balaban J connectivity index is 1.65. The van der Waals surface area contributed by atoms with E-state index in [-0.39, 0.29) is 0 Å². The van der Waals surface area contributed by atoms with Crippen LogP contribution in [0.3, 0.4) is 0 Å². The third-order valence-electron chi connectivity index (χ3n) is 5.15. The molecule has 2 aliphatic heterocycles. The van der Waals surface area contributed by atoms with E-state index in [0.717, 1.165) is 31.7 Å². The maximum atomic E-state index is 11.7. The van der Waals surface area contributed by atoms with Gasteiger partial charge in [0.2, 0.25) is 10.0 Å². The number of aromatic nitrogens is 1. The molecule has 0 unspecified atom stereocenters. The number of piperazine rings is 1. The van der Waals surface area contributed by atoms with Crippen LogP contribution in [-0.2, 0) is 10.0 Å². The lowest BCUT2D eigenvalue weighted by Gasteiger charge is -2.35. The highest BCUT2D eigenvalue weighted by molar-refractivity contribution is 7.88. The number of nitrogens with one attached hydrogen (secondary N) is 1. The van der Waals surface area contributed by atoms with Crippen LogP contribution in [0.2, 0.25) is 0 Å². The van der Waals surface area contributed by atoms with Crippen LogP contribution < -0.4 is 9.80 Å². The fraction of sp³-hybridized carbons (Fsp3) is 0.529. The number of sulfonamides is 1. The standard InChI is InChI=1S/C17H24N4O2S/c1-24(22,23)21-10-8-20(9-11-21)17-13-14(19-6-2-3-7-19)12-16-15(17)4-5-18-16/h4-5,12-13,18H,2-3,6-11H2,1H3. The Morgan fingerprint density at radius 1 is 0.958 bits per heavy atom. The van der Waals surface area contributed by atoms with E-state index in [1.807, 2.05) is 6.20 Å². The normalized spacial score (nSPS) is 20.2. The minimum absolute atomic E-state index is 0.554. The lowest BCUT2D eigenvalue weighted by Crippen LogP contribution is -2.48. The number of aromatic amines is 1. The van der Waals surface area contributed by atoms with E-state index in [4.69, 9.17) is 0 Å². The lowest BCUT2D eigenvalue weighted by molar-refractivity contribution is 0.388. The molecule has 2 aliphatic rings. The molecule has 0 saturated carbocycles. The van der Waals surface area contributed by atoms with Crippen molar-refractivity contribution < 1.29 is 8.42 Å². The van der Waals surface area contributed by atoms with Crippen molar-refractivity contribution in [2.45, 2.75) is 12.8 Å². The number of hydrogen-bond acceptors (Lipinski definition) is 4. The van der Waals surface area contributed by atoms with Gasteiger partial charge in [0.15, 0.2) is 0 Å². The largest absolute Gasteiger partial charge is 0.371 e. The van der Waals surface area contributed by atoms with E-state index < -0.39 is 10.0 Å². The monoisotopic (exact) mass is 348 g/mol. The molecule has 1 N–H and O–H groups in total. The van der Waals surface area contributed by atoms with Crippen LogP contribution in [0.5, 0.6) is 0 Å². The Hall–Kier alpha value is -1.73. The molecule has 3 heterocycles. The summed E-state index contributed by atoms with van der Waals surface area (Å²) in [6, 6.07) is 6.62. The molecule has 130 valence electrons. The summed E-state index contributed by atoms with van der Waals surface area (Å²) in [5, 5.41) is 1.21. The molecule has 2 fully saturated rings. The molecule has 1 aromatic heterocycles. The number of rotatable bonds is 3. The van der Waals surface area contributed by atoms with Crippen LogP contribution in [-0.4, -0.2) is 63.2 Å². The van der Waals surface area contributed by atoms with Crippen molar-refractivity contribution in [3.63, 3.8) is 0 Å². The summed E-state index contributed by atoms with van der Waals surface area (Å²) in [6.45, 7) is 4.81. The predicted molar refractivity (Wildman–Crippen MR) is 98.4 cm³/mol. The minimum atomic E-state index is -3.09. The smallest absolute Gasteiger partial charge is 0.211 e. The molecule has 0 amide bonds. The third-order valence-corrected chi connectivity index (χ3v) is 6.45. The van der Waals surface area contributed by atoms with Crippen LogP contribution in [0.25, 0.3) is 10.9 Å². The van der Waals surface area contributed by atoms with Crippen molar-refractivity contribution in [3.8, 4) is 0 Å². The summed E-state index contributed by atoms with van der Waals surface area (Å²) in [6.07, 6.45) is 5.78. The topological polar surface area (TPSA) is 59.7 Å². The predicted octanol–water partition coefficient (Wildman–Crippen LogP) is 1.85. The summed E-state index contributed by atoms with van der Waals surface area (Å²) in [5.74, 6) is 0. The highest BCUT2D eigenvalue weighted by Gasteiger charge is 2.25. The molecule has 1 aromatic carbocycles. The molecular formula is C17H24N4O2S. The second-order valence-corrected chi connectivity index (χ2v) is 8.73. The lowest BCUT2D eigenvalue weighted by atomic mass is 10.1. The molecule has 0 aliphatic carbocycles. The first-order chi connectivity index (χ1) is 11.5. The van der Waals surface area contributed by atoms with Crippen molar-refractivity contribution in [3.05, 3.63) is 24.4 Å². The van der Waals surface area contributed by atoms with E-state index in [2.05, 4.69) is 33.0 Å². The summed E-state index contributed by atoms with van der Waals surface area (Å²) in [5.41, 5.74) is 3.63. The molecule has 0 atom stereocenters. The third kappa shape index (κ3) is 2.86. The fourth-order valence-corrected chi connectivity index (χ4v) is 4.64. The van der Waals surface area contributed by atoms with Gasteiger partial charge in [0.05, 0.1) is 6.26 Å². The number of nitrogens with zero attached hydrogens (tertiary/aromatic N) is 3. The second kappa shape index (κ2) is 5.97. The molecule has 24 heavy (non-hydrogen) atoms. The van der Waals surface area contributed by atoms with Gasteiger partial charge in [-0.3, -0.25) is 0 Å². The SMILES string of the molecule is CS(=O)(=O)N1CCN(c2cc(N3CCCC3)cc3[nH]ccc23)CC1. The molecule has 2 saturated heterocycles. The van der Waals surface area contributed by atoms with Gasteiger partial charge in [-0.05, 0) is 31.0 Å². The summed E-state index contributed by atoms with van der Waals surface area (Å²) < 4.78 is 25.0. The van der Waals surface area contributed by atoms with Gasteiger partial charge in [-0.15, -0.1) is 0 Å². The van der Waals surface area contributed by atoms with Crippen LogP contribution >= 0.6 is 0 Å².